The quantitative estimate of drug-likeness (QED) is 0.301. The molecule has 1 saturated carbocycles. The van der Waals surface area contributed by atoms with Crippen LogP contribution in [-0.2, 0) is 14.3 Å². The van der Waals surface area contributed by atoms with E-state index in [1.165, 1.54) is 22.6 Å². The topological polar surface area (TPSA) is 80.8 Å². The lowest BCUT2D eigenvalue weighted by Crippen LogP contribution is -2.33. The van der Waals surface area contributed by atoms with Crippen molar-refractivity contribution in [1.29, 1.82) is 0 Å². The average molecular weight is 443 g/mol. The molecule has 6 nitrogen and oxygen atoms in total. The van der Waals surface area contributed by atoms with Crippen LogP contribution in [0, 0.1) is 30.6 Å². The summed E-state index contributed by atoms with van der Waals surface area (Å²) in [6.07, 6.45) is 2.09. The molecule has 5 atom stereocenters. The zero-order valence-corrected chi connectivity index (χ0v) is 18.8. The largest absolute Gasteiger partial charge is 0.451 e. The van der Waals surface area contributed by atoms with Crippen LogP contribution < -0.4 is 4.90 Å². The lowest BCUT2D eigenvalue weighted by molar-refractivity contribution is -0.123. The Balaban J connectivity index is 1.28. The predicted molar refractivity (Wildman–Crippen MR) is 122 cm³/mol. The van der Waals surface area contributed by atoms with Crippen molar-refractivity contribution in [1.82, 2.24) is 0 Å². The Morgan fingerprint density at radius 3 is 2.18 bits per heavy atom. The predicted octanol–water partition coefficient (Wildman–Crippen LogP) is 4.12. The normalized spacial score (nSPS) is 26.3. The van der Waals surface area contributed by atoms with E-state index in [1.807, 2.05) is 26.0 Å². The zero-order chi connectivity index (χ0) is 23.4. The van der Waals surface area contributed by atoms with Gasteiger partial charge in [-0.3, -0.25) is 19.3 Å². The average Bonchev–Trinajstić information content (AvgIpc) is 3.44. The fourth-order valence-electron chi connectivity index (χ4n) is 5.51. The summed E-state index contributed by atoms with van der Waals surface area (Å²) in [6, 6.07) is 13.3. The number of Topliss-reactive ketones (excluding diaryl/α,β-unsaturated/α-hetero) is 1. The van der Waals surface area contributed by atoms with Gasteiger partial charge in [-0.2, -0.15) is 0 Å². The van der Waals surface area contributed by atoms with Gasteiger partial charge >= 0.3 is 5.97 Å². The van der Waals surface area contributed by atoms with Crippen LogP contribution in [0.4, 0.5) is 5.69 Å². The molecule has 2 amide bonds. The monoisotopic (exact) mass is 443 g/mol. The van der Waals surface area contributed by atoms with E-state index in [2.05, 4.69) is 6.08 Å². The Hall–Kier alpha value is -3.54. The number of imide groups is 1. The summed E-state index contributed by atoms with van der Waals surface area (Å²) in [5.41, 5.74) is 3.42. The Kier molecular flexibility index (Phi) is 5.04. The van der Waals surface area contributed by atoms with Crippen LogP contribution in [0.3, 0.4) is 0 Å². The summed E-state index contributed by atoms with van der Waals surface area (Å²) in [4.78, 5) is 52.5. The zero-order valence-electron chi connectivity index (χ0n) is 18.8. The number of rotatable bonds is 5. The minimum Gasteiger partial charge on any atom is -0.451 e. The Bertz CT molecular complexity index is 1190. The number of ketones is 1. The number of allylic oxidation sites excluding steroid dienone is 2. The van der Waals surface area contributed by atoms with E-state index in [4.69, 9.17) is 4.74 Å². The van der Waals surface area contributed by atoms with Gasteiger partial charge in [-0.15, -0.1) is 0 Å². The Morgan fingerprint density at radius 2 is 1.52 bits per heavy atom. The number of benzene rings is 2. The highest BCUT2D eigenvalue weighted by Crippen LogP contribution is 2.55. The highest BCUT2D eigenvalue weighted by molar-refractivity contribution is 6.23. The van der Waals surface area contributed by atoms with E-state index in [0.29, 0.717) is 11.3 Å². The SMILES string of the molecule is CC1=CC2CC1C1C(=O)N(c3ccc(C(=O)OC(C)C(=O)c4ccc(C)cc4)cc3)C(=O)C21. The maximum atomic E-state index is 13.1. The van der Waals surface area contributed by atoms with Crippen molar-refractivity contribution in [2.45, 2.75) is 33.3 Å². The van der Waals surface area contributed by atoms with E-state index >= 15 is 0 Å². The number of anilines is 1. The number of fused-ring (bicyclic) bond motifs is 5. The van der Waals surface area contributed by atoms with Crippen molar-refractivity contribution < 1.29 is 23.9 Å². The molecule has 6 heteroatoms. The molecule has 1 saturated heterocycles. The third-order valence-corrected chi connectivity index (χ3v) is 7.23. The van der Waals surface area contributed by atoms with Gasteiger partial charge in [0.15, 0.2) is 6.10 Å². The fourth-order valence-corrected chi connectivity index (χ4v) is 5.51. The molecule has 0 radical (unpaired) electrons. The number of carbonyl (C=O) groups excluding carboxylic acids is 4. The first-order chi connectivity index (χ1) is 15.8. The highest BCUT2D eigenvalue weighted by atomic mass is 16.5. The van der Waals surface area contributed by atoms with Gasteiger partial charge in [0.2, 0.25) is 17.6 Å². The first-order valence-corrected chi connectivity index (χ1v) is 11.2. The number of aryl methyl sites for hydroxylation is 1. The van der Waals surface area contributed by atoms with Crippen LogP contribution in [0.25, 0.3) is 0 Å². The van der Waals surface area contributed by atoms with Crippen molar-refractivity contribution in [2.24, 2.45) is 23.7 Å². The third kappa shape index (κ3) is 3.41. The van der Waals surface area contributed by atoms with E-state index < -0.39 is 12.1 Å². The van der Waals surface area contributed by atoms with E-state index in [-0.39, 0.29) is 46.8 Å². The standard InChI is InChI=1S/C27H25NO5/c1-14-4-6-17(7-5-14)24(29)16(3)33-27(32)18-8-10-20(11-9-18)28-25(30)22-19-12-15(2)21(13-19)23(22)26(28)31/h4-12,16,19,21-23H,13H2,1-3H3. The lowest BCUT2D eigenvalue weighted by atomic mass is 9.82. The summed E-state index contributed by atoms with van der Waals surface area (Å²) in [5, 5.41) is 0. The number of esters is 1. The summed E-state index contributed by atoms with van der Waals surface area (Å²) in [6.45, 7) is 5.50. The lowest BCUT2D eigenvalue weighted by Gasteiger charge is -2.19. The van der Waals surface area contributed by atoms with Crippen LogP contribution in [0.2, 0.25) is 0 Å². The van der Waals surface area contributed by atoms with Crippen LogP contribution in [0.1, 0.15) is 46.5 Å². The molecular weight excluding hydrogens is 418 g/mol. The van der Waals surface area contributed by atoms with Gasteiger partial charge < -0.3 is 4.74 Å². The molecule has 0 spiro atoms. The summed E-state index contributed by atoms with van der Waals surface area (Å²) >= 11 is 0. The van der Waals surface area contributed by atoms with Crippen molar-refractivity contribution in [3.63, 3.8) is 0 Å². The summed E-state index contributed by atoms with van der Waals surface area (Å²) < 4.78 is 5.36. The molecule has 168 valence electrons. The van der Waals surface area contributed by atoms with Crippen LogP contribution >= 0.6 is 0 Å². The molecule has 5 unspecified atom stereocenters. The van der Waals surface area contributed by atoms with Gasteiger partial charge in [-0.1, -0.05) is 41.5 Å². The first-order valence-electron chi connectivity index (χ1n) is 11.2. The molecule has 0 N–H and O–H groups in total. The van der Waals surface area contributed by atoms with Crippen LogP contribution in [0.15, 0.2) is 60.2 Å². The number of carbonyl (C=O) groups is 4. The van der Waals surface area contributed by atoms with Crippen molar-refractivity contribution >= 4 is 29.3 Å². The van der Waals surface area contributed by atoms with Crippen molar-refractivity contribution in [3.05, 3.63) is 76.9 Å². The van der Waals surface area contributed by atoms with E-state index in [9.17, 15) is 19.2 Å². The molecule has 2 aromatic carbocycles. The van der Waals surface area contributed by atoms with Crippen molar-refractivity contribution in [3.8, 4) is 0 Å². The van der Waals surface area contributed by atoms with Gasteiger partial charge in [-0.05, 0) is 63.3 Å². The molecule has 1 aliphatic heterocycles. The maximum absolute atomic E-state index is 13.1. The number of nitrogens with zero attached hydrogens (tertiary/aromatic N) is 1. The number of hydrogen-bond donors (Lipinski definition) is 0. The number of ether oxygens (including phenoxy) is 1. The van der Waals surface area contributed by atoms with E-state index in [0.717, 1.165) is 12.0 Å². The molecule has 3 aliphatic rings. The molecular formula is C27H25NO5. The second kappa shape index (κ2) is 7.80. The second-order valence-electron chi connectivity index (χ2n) is 9.30. The molecule has 5 rings (SSSR count). The first kappa shape index (κ1) is 21.3. The Labute approximate surface area is 192 Å². The minimum atomic E-state index is -0.938. The molecule has 1 heterocycles. The second-order valence-corrected chi connectivity index (χ2v) is 9.30. The molecule has 33 heavy (non-hydrogen) atoms. The minimum absolute atomic E-state index is 0.142. The maximum Gasteiger partial charge on any atom is 0.338 e. The van der Waals surface area contributed by atoms with E-state index in [1.54, 1.807) is 31.2 Å². The number of amides is 2. The molecule has 2 fully saturated rings. The highest BCUT2D eigenvalue weighted by Gasteiger charge is 2.60. The smallest absolute Gasteiger partial charge is 0.338 e. The Morgan fingerprint density at radius 1 is 0.909 bits per heavy atom. The summed E-state index contributed by atoms with van der Waals surface area (Å²) in [7, 11) is 0. The summed E-state index contributed by atoms with van der Waals surface area (Å²) in [5.74, 6) is -1.48. The van der Waals surface area contributed by atoms with Gasteiger partial charge in [-0.25, -0.2) is 4.79 Å². The van der Waals surface area contributed by atoms with Gasteiger partial charge in [0.1, 0.15) is 0 Å². The molecule has 0 aromatic heterocycles. The number of hydrogen-bond acceptors (Lipinski definition) is 5. The van der Waals surface area contributed by atoms with Gasteiger partial charge in [0.05, 0.1) is 23.1 Å². The molecule has 2 aliphatic carbocycles. The molecule has 2 bridgehead atoms. The van der Waals surface area contributed by atoms with Crippen LogP contribution in [0.5, 0.6) is 0 Å². The van der Waals surface area contributed by atoms with Crippen molar-refractivity contribution in [2.75, 3.05) is 4.90 Å². The molecule has 2 aromatic rings. The fraction of sp³-hybridized carbons (Fsp3) is 0.333. The van der Waals surface area contributed by atoms with Gasteiger partial charge in [0, 0.05) is 5.56 Å². The van der Waals surface area contributed by atoms with Crippen LogP contribution in [-0.4, -0.2) is 29.7 Å². The van der Waals surface area contributed by atoms with Gasteiger partial charge in [0.25, 0.3) is 0 Å². The third-order valence-electron chi connectivity index (χ3n) is 7.23.